The van der Waals surface area contributed by atoms with Crippen LogP contribution in [0.25, 0.3) is 10.9 Å². The maximum Gasteiger partial charge on any atom is 0.249 e. The van der Waals surface area contributed by atoms with Gasteiger partial charge >= 0.3 is 0 Å². The van der Waals surface area contributed by atoms with Crippen molar-refractivity contribution in [3.8, 4) is 0 Å². The monoisotopic (exact) mass is 442 g/mol. The molecule has 170 valence electrons. The number of benzene rings is 2. The highest BCUT2D eigenvalue weighted by molar-refractivity contribution is 6.01. The van der Waals surface area contributed by atoms with E-state index in [-0.39, 0.29) is 17.9 Å². The van der Waals surface area contributed by atoms with Crippen LogP contribution in [0.2, 0.25) is 0 Å². The predicted molar refractivity (Wildman–Crippen MR) is 130 cm³/mol. The SMILES string of the molecule is CNC(C)C(=O)N[C@H]1CCc2ccccc2N(Cc2c(C3CC3)cnc3ccccc23)C1=O. The molecule has 1 saturated carbocycles. The molecular formula is C27H30N4O2. The van der Waals surface area contributed by atoms with Gasteiger partial charge in [0, 0.05) is 17.3 Å². The summed E-state index contributed by atoms with van der Waals surface area (Å²) in [6, 6.07) is 15.3. The van der Waals surface area contributed by atoms with Gasteiger partial charge in [-0.3, -0.25) is 14.6 Å². The highest BCUT2D eigenvalue weighted by atomic mass is 16.2. The first-order valence-corrected chi connectivity index (χ1v) is 11.8. The van der Waals surface area contributed by atoms with Crippen molar-refractivity contribution in [1.82, 2.24) is 15.6 Å². The zero-order valence-corrected chi connectivity index (χ0v) is 19.2. The van der Waals surface area contributed by atoms with Crippen LogP contribution in [0.15, 0.2) is 54.7 Å². The van der Waals surface area contributed by atoms with Crippen LogP contribution >= 0.6 is 0 Å². The van der Waals surface area contributed by atoms with Crippen molar-refractivity contribution < 1.29 is 9.59 Å². The van der Waals surface area contributed by atoms with Crippen LogP contribution in [0.4, 0.5) is 5.69 Å². The molecule has 33 heavy (non-hydrogen) atoms. The topological polar surface area (TPSA) is 74.3 Å². The molecule has 1 unspecified atom stereocenters. The molecule has 0 saturated heterocycles. The Bertz CT molecular complexity index is 1200. The number of nitrogens with zero attached hydrogens (tertiary/aromatic N) is 2. The maximum absolute atomic E-state index is 13.9. The second-order valence-electron chi connectivity index (χ2n) is 9.15. The standard InChI is InChI=1S/C27H30N4O2/c1-17(28-2)26(32)30-24-14-13-19-7-3-6-10-25(19)31(27(24)33)16-22-20-8-4-5-9-23(20)29-15-21(22)18-11-12-18/h3-10,15,17-18,24,28H,11-14,16H2,1-2H3,(H,30,32)/t17?,24-/m0/s1. The van der Waals surface area contributed by atoms with Crippen LogP contribution in [-0.4, -0.2) is 35.9 Å². The van der Waals surface area contributed by atoms with Crippen molar-refractivity contribution in [2.24, 2.45) is 0 Å². The average molecular weight is 443 g/mol. The fourth-order valence-electron chi connectivity index (χ4n) is 4.74. The van der Waals surface area contributed by atoms with Crippen LogP contribution in [0.5, 0.6) is 0 Å². The number of carbonyl (C=O) groups excluding carboxylic acids is 2. The van der Waals surface area contributed by atoms with Crippen LogP contribution < -0.4 is 15.5 Å². The molecule has 5 rings (SSSR count). The number of hydrogen-bond acceptors (Lipinski definition) is 4. The van der Waals surface area contributed by atoms with Gasteiger partial charge in [0.15, 0.2) is 0 Å². The Hall–Kier alpha value is -3.25. The van der Waals surface area contributed by atoms with Gasteiger partial charge < -0.3 is 15.5 Å². The molecule has 3 aromatic rings. The van der Waals surface area contributed by atoms with Gasteiger partial charge in [-0.15, -0.1) is 0 Å². The van der Waals surface area contributed by atoms with E-state index < -0.39 is 6.04 Å². The summed E-state index contributed by atoms with van der Waals surface area (Å²) >= 11 is 0. The first kappa shape index (κ1) is 21.6. The minimum Gasteiger partial charge on any atom is -0.343 e. The smallest absolute Gasteiger partial charge is 0.249 e. The zero-order valence-electron chi connectivity index (χ0n) is 19.2. The molecule has 2 aliphatic rings. The van der Waals surface area contributed by atoms with E-state index in [0.29, 0.717) is 18.9 Å². The normalized spacial score (nSPS) is 19.2. The molecule has 6 nitrogen and oxygen atoms in total. The second kappa shape index (κ2) is 8.94. The third kappa shape index (κ3) is 4.23. The minimum absolute atomic E-state index is 0.0563. The molecule has 0 spiro atoms. The quantitative estimate of drug-likeness (QED) is 0.611. The number of pyridine rings is 1. The summed E-state index contributed by atoms with van der Waals surface area (Å²) in [7, 11) is 1.75. The second-order valence-corrected chi connectivity index (χ2v) is 9.15. The fraction of sp³-hybridized carbons (Fsp3) is 0.370. The first-order valence-electron chi connectivity index (χ1n) is 11.8. The molecule has 0 radical (unpaired) electrons. The van der Waals surface area contributed by atoms with Crippen LogP contribution in [0, 0.1) is 0 Å². The summed E-state index contributed by atoms with van der Waals surface area (Å²) in [4.78, 5) is 33.1. The van der Waals surface area contributed by atoms with Crippen LogP contribution in [-0.2, 0) is 22.6 Å². The molecule has 1 aromatic heterocycles. The van der Waals surface area contributed by atoms with Gasteiger partial charge in [0.1, 0.15) is 6.04 Å². The highest BCUT2D eigenvalue weighted by Crippen LogP contribution is 2.43. The lowest BCUT2D eigenvalue weighted by Gasteiger charge is -2.28. The number of likely N-dealkylation sites (N-methyl/N-ethyl adjacent to an activating group) is 1. The van der Waals surface area contributed by atoms with Gasteiger partial charge in [0.25, 0.3) is 0 Å². The van der Waals surface area contributed by atoms with Crippen molar-refractivity contribution >= 4 is 28.4 Å². The number of aromatic nitrogens is 1. The van der Waals surface area contributed by atoms with E-state index in [1.807, 2.05) is 47.5 Å². The molecule has 1 aliphatic heterocycles. The van der Waals surface area contributed by atoms with E-state index in [0.717, 1.165) is 41.4 Å². The highest BCUT2D eigenvalue weighted by Gasteiger charge is 2.34. The first-order chi connectivity index (χ1) is 16.1. The Kier molecular flexibility index (Phi) is 5.85. The fourth-order valence-corrected chi connectivity index (χ4v) is 4.74. The van der Waals surface area contributed by atoms with Crippen LogP contribution in [0.3, 0.4) is 0 Å². The third-order valence-corrected chi connectivity index (χ3v) is 6.95. The zero-order chi connectivity index (χ0) is 22.9. The number of hydrogen-bond donors (Lipinski definition) is 2. The predicted octanol–water partition coefficient (Wildman–Crippen LogP) is 3.68. The summed E-state index contributed by atoms with van der Waals surface area (Å²) in [5.41, 5.74) is 5.42. The number of para-hydroxylation sites is 2. The largest absolute Gasteiger partial charge is 0.343 e. The number of rotatable bonds is 6. The Morgan fingerprint density at radius 2 is 1.88 bits per heavy atom. The molecule has 2 amide bonds. The van der Waals surface area contributed by atoms with Crippen molar-refractivity contribution in [1.29, 1.82) is 0 Å². The number of amides is 2. The van der Waals surface area contributed by atoms with Crippen molar-refractivity contribution in [3.63, 3.8) is 0 Å². The van der Waals surface area contributed by atoms with Crippen molar-refractivity contribution in [3.05, 3.63) is 71.4 Å². The van der Waals surface area contributed by atoms with Gasteiger partial charge in [-0.2, -0.15) is 0 Å². The maximum atomic E-state index is 13.9. The lowest BCUT2D eigenvalue weighted by atomic mass is 9.99. The molecule has 2 heterocycles. The van der Waals surface area contributed by atoms with E-state index in [2.05, 4.69) is 22.8 Å². The molecule has 0 bridgehead atoms. The van der Waals surface area contributed by atoms with Crippen molar-refractivity contribution in [2.75, 3.05) is 11.9 Å². The van der Waals surface area contributed by atoms with E-state index in [4.69, 9.17) is 4.98 Å². The van der Waals surface area contributed by atoms with Gasteiger partial charge in [-0.25, -0.2) is 0 Å². The molecule has 1 aliphatic carbocycles. The molecule has 6 heteroatoms. The third-order valence-electron chi connectivity index (χ3n) is 6.95. The summed E-state index contributed by atoms with van der Waals surface area (Å²) in [6.07, 6.45) is 5.65. The van der Waals surface area contributed by atoms with Gasteiger partial charge in [0.05, 0.1) is 18.1 Å². The van der Waals surface area contributed by atoms with Gasteiger partial charge in [-0.1, -0.05) is 36.4 Å². The van der Waals surface area contributed by atoms with E-state index in [1.54, 1.807) is 14.0 Å². The van der Waals surface area contributed by atoms with Crippen LogP contribution in [0.1, 0.15) is 48.8 Å². The number of nitrogens with one attached hydrogen (secondary N) is 2. The summed E-state index contributed by atoms with van der Waals surface area (Å²) in [6.45, 7) is 2.27. The molecular weight excluding hydrogens is 412 g/mol. The summed E-state index contributed by atoms with van der Waals surface area (Å²) in [5, 5.41) is 7.05. The summed E-state index contributed by atoms with van der Waals surface area (Å²) in [5.74, 6) is 0.301. The van der Waals surface area contributed by atoms with E-state index >= 15 is 0 Å². The lowest BCUT2D eigenvalue weighted by molar-refractivity contribution is -0.128. The lowest BCUT2D eigenvalue weighted by Crippen LogP contribution is -2.52. The van der Waals surface area contributed by atoms with E-state index in [1.165, 1.54) is 11.1 Å². The number of fused-ring (bicyclic) bond motifs is 2. The minimum atomic E-state index is -0.557. The number of anilines is 1. The Morgan fingerprint density at radius 3 is 2.67 bits per heavy atom. The Labute approximate surface area is 194 Å². The molecule has 1 fully saturated rings. The Balaban J connectivity index is 1.56. The summed E-state index contributed by atoms with van der Waals surface area (Å²) < 4.78 is 0. The van der Waals surface area contributed by atoms with Crippen molar-refractivity contribution in [2.45, 2.75) is 57.2 Å². The average Bonchev–Trinajstić information content (AvgIpc) is 3.70. The number of aryl methyl sites for hydroxylation is 1. The molecule has 2 N–H and O–H groups in total. The molecule has 2 aromatic carbocycles. The van der Waals surface area contributed by atoms with E-state index in [9.17, 15) is 9.59 Å². The number of carbonyl (C=O) groups is 2. The molecule has 2 atom stereocenters. The van der Waals surface area contributed by atoms with Gasteiger partial charge in [-0.05, 0) is 74.4 Å². The Morgan fingerprint density at radius 1 is 1.12 bits per heavy atom. The van der Waals surface area contributed by atoms with Gasteiger partial charge in [0.2, 0.25) is 11.8 Å².